The molecule has 0 aromatic heterocycles. The first kappa shape index (κ1) is 9.00. The Morgan fingerprint density at radius 2 is 2.23 bits per heavy atom. The lowest BCUT2D eigenvalue weighted by molar-refractivity contribution is 0.0697. The molecule has 0 heterocycles. The maximum Gasteiger partial charge on any atom is 0.335 e. The molecule has 1 aromatic rings. The number of aromatic carboxylic acids is 1. The Hall–Kier alpha value is -2.09. The monoisotopic (exact) mass is 180 g/mol. The molecule has 66 valence electrons. The average molecular weight is 180 g/mol. The van der Waals surface area contributed by atoms with Crippen LogP contribution in [0.3, 0.4) is 0 Å². The summed E-state index contributed by atoms with van der Waals surface area (Å²) in [6, 6.07) is 3.42. The summed E-state index contributed by atoms with van der Waals surface area (Å²) in [5.41, 5.74) is 4.25. The first-order chi connectivity index (χ1) is 6.06. The molecule has 0 saturated carbocycles. The number of carboxylic acids is 1. The van der Waals surface area contributed by atoms with Crippen LogP contribution in [0.1, 0.15) is 15.9 Å². The van der Waals surface area contributed by atoms with Crippen LogP contribution in [0.15, 0.2) is 12.1 Å². The van der Waals surface area contributed by atoms with Crippen LogP contribution in [0, 0.1) is 17.1 Å². The number of carboxylic acid groups (broad SMARTS) is 1. The summed E-state index contributed by atoms with van der Waals surface area (Å²) in [4.78, 5) is 10.4. The van der Waals surface area contributed by atoms with E-state index in [0.29, 0.717) is 0 Å². The molecule has 0 fully saturated rings. The minimum absolute atomic E-state index is 0.199. The summed E-state index contributed by atoms with van der Waals surface area (Å²) < 4.78 is 12.9. The molecular formula is C8H5FN2O2. The van der Waals surface area contributed by atoms with Gasteiger partial charge in [0.2, 0.25) is 0 Å². The molecule has 13 heavy (non-hydrogen) atoms. The smallest absolute Gasteiger partial charge is 0.335 e. The van der Waals surface area contributed by atoms with Crippen molar-refractivity contribution in [1.29, 1.82) is 5.26 Å². The quantitative estimate of drug-likeness (QED) is 0.630. The van der Waals surface area contributed by atoms with Crippen LogP contribution in [0.4, 0.5) is 10.1 Å². The van der Waals surface area contributed by atoms with E-state index in [2.05, 4.69) is 0 Å². The van der Waals surface area contributed by atoms with Crippen molar-refractivity contribution in [2.45, 2.75) is 0 Å². The molecule has 0 aliphatic rings. The van der Waals surface area contributed by atoms with Crippen molar-refractivity contribution < 1.29 is 14.3 Å². The van der Waals surface area contributed by atoms with Crippen LogP contribution in [-0.4, -0.2) is 11.1 Å². The zero-order valence-electron chi connectivity index (χ0n) is 6.41. The van der Waals surface area contributed by atoms with Gasteiger partial charge in [-0.15, -0.1) is 0 Å². The van der Waals surface area contributed by atoms with Gasteiger partial charge in [-0.3, -0.25) is 0 Å². The highest BCUT2D eigenvalue weighted by atomic mass is 19.1. The number of nitrogens with two attached hydrogens (primary N) is 1. The minimum atomic E-state index is -1.25. The molecule has 0 aliphatic carbocycles. The molecule has 0 amide bonds. The van der Waals surface area contributed by atoms with Crippen LogP contribution in [-0.2, 0) is 0 Å². The van der Waals surface area contributed by atoms with Crippen molar-refractivity contribution in [3.05, 3.63) is 29.1 Å². The van der Waals surface area contributed by atoms with E-state index in [-0.39, 0.29) is 16.8 Å². The van der Waals surface area contributed by atoms with Gasteiger partial charge in [-0.25, -0.2) is 9.18 Å². The summed E-state index contributed by atoms with van der Waals surface area (Å²) in [5, 5.41) is 16.9. The first-order valence-electron chi connectivity index (χ1n) is 3.28. The maximum absolute atomic E-state index is 12.9. The average Bonchev–Trinajstić information content (AvgIpc) is 2.09. The molecule has 4 nitrogen and oxygen atoms in total. The lowest BCUT2D eigenvalue weighted by atomic mass is 10.1. The number of hydrogen-bond acceptors (Lipinski definition) is 3. The molecule has 0 spiro atoms. The highest BCUT2D eigenvalue weighted by Crippen LogP contribution is 2.17. The van der Waals surface area contributed by atoms with Gasteiger partial charge in [0.15, 0.2) is 5.82 Å². The molecular weight excluding hydrogens is 175 g/mol. The fourth-order valence-electron chi connectivity index (χ4n) is 0.852. The minimum Gasteiger partial charge on any atom is -0.478 e. The first-order valence-corrected chi connectivity index (χ1v) is 3.28. The number of anilines is 1. The molecule has 0 aliphatic heterocycles. The molecule has 5 heteroatoms. The number of benzene rings is 1. The standard InChI is InChI=1S/C8H5FN2O2/c9-7-5(3-10)1-4(8(12)13)2-6(7)11/h1-2H,11H2,(H,12,13). The third-order valence-electron chi connectivity index (χ3n) is 1.47. The van der Waals surface area contributed by atoms with Gasteiger partial charge in [-0.1, -0.05) is 0 Å². The van der Waals surface area contributed by atoms with E-state index in [4.69, 9.17) is 16.1 Å². The Morgan fingerprint density at radius 1 is 1.62 bits per heavy atom. The fraction of sp³-hybridized carbons (Fsp3) is 0. The van der Waals surface area contributed by atoms with Gasteiger partial charge >= 0.3 is 5.97 Å². The molecule has 0 saturated heterocycles. The maximum atomic E-state index is 12.9. The Morgan fingerprint density at radius 3 is 2.69 bits per heavy atom. The molecule has 0 atom stereocenters. The second-order valence-electron chi connectivity index (χ2n) is 2.34. The number of halogens is 1. The second kappa shape index (κ2) is 3.11. The third kappa shape index (κ3) is 1.56. The van der Waals surface area contributed by atoms with E-state index in [1.165, 1.54) is 6.07 Å². The van der Waals surface area contributed by atoms with Gasteiger partial charge in [0.05, 0.1) is 16.8 Å². The van der Waals surface area contributed by atoms with Crippen molar-refractivity contribution >= 4 is 11.7 Å². The number of carbonyl (C=O) groups is 1. The fourth-order valence-corrected chi connectivity index (χ4v) is 0.852. The van der Waals surface area contributed by atoms with E-state index in [0.717, 1.165) is 12.1 Å². The molecule has 0 unspecified atom stereocenters. The van der Waals surface area contributed by atoms with Crippen molar-refractivity contribution in [2.75, 3.05) is 5.73 Å². The van der Waals surface area contributed by atoms with Gasteiger partial charge in [-0.05, 0) is 12.1 Å². The van der Waals surface area contributed by atoms with Gasteiger partial charge in [0.25, 0.3) is 0 Å². The molecule has 0 bridgehead atoms. The summed E-state index contributed by atoms with van der Waals surface area (Å²) in [5.74, 6) is -2.13. The van der Waals surface area contributed by atoms with Crippen LogP contribution in [0.25, 0.3) is 0 Å². The zero-order chi connectivity index (χ0) is 10.0. The van der Waals surface area contributed by atoms with Crippen LogP contribution < -0.4 is 5.73 Å². The zero-order valence-corrected chi connectivity index (χ0v) is 6.41. The van der Waals surface area contributed by atoms with Gasteiger partial charge in [0.1, 0.15) is 6.07 Å². The lowest BCUT2D eigenvalue weighted by Crippen LogP contribution is -2.02. The lowest BCUT2D eigenvalue weighted by Gasteiger charge is -2.00. The van der Waals surface area contributed by atoms with Crippen molar-refractivity contribution in [3.8, 4) is 6.07 Å². The van der Waals surface area contributed by atoms with E-state index in [9.17, 15) is 9.18 Å². The normalized spacial score (nSPS) is 9.23. The van der Waals surface area contributed by atoms with Crippen molar-refractivity contribution in [3.63, 3.8) is 0 Å². The molecule has 0 radical (unpaired) electrons. The molecule has 1 aromatic carbocycles. The number of nitrogen functional groups attached to an aromatic ring is 1. The van der Waals surface area contributed by atoms with Gasteiger partial charge in [-0.2, -0.15) is 5.26 Å². The van der Waals surface area contributed by atoms with Crippen molar-refractivity contribution in [2.24, 2.45) is 0 Å². The van der Waals surface area contributed by atoms with Crippen LogP contribution in [0.5, 0.6) is 0 Å². The van der Waals surface area contributed by atoms with E-state index in [1.807, 2.05) is 0 Å². The summed E-state index contributed by atoms with van der Waals surface area (Å²) >= 11 is 0. The number of rotatable bonds is 1. The highest BCUT2D eigenvalue weighted by molar-refractivity contribution is 5.89. The largest absolute Gasteiger partial charge is 0.478 e. The Balaban J connectivity index is 3.41. The van der Waals surface area contributed by atoms with Crippen LogP contribution in [0.2, 0.25) is 0 Å². The summed E-state index contributed by atoms with van der Waals surface area (Å²) in [6.07, 6.45) is 0. The van der Waals surface area contributed by atoms with Gasteiger partial charge < -0.3 is 10.8 Å². The van der Waals surface area contributed by atoms with Crippen molar-refractivity contribution in [1.82, 2.24) is 0 Å². The van der Waals surface area contributed by atoms with Crippen LogP contribution >= 0.6 is 0 Å². The molecule has 1 rings (SSSR count). The Kier molecular flexibility index (Phi) is 2.15. The third-order valence-corrected chi connectivity index (χ3v) is 1.47. The number of hydrogen-bond donors (Lipinski definition) is 2. The van der Waals surface area contributed by atoms with E-state index in [1.54, 1.807) is 0 Å². The second-order valence-corrected chi connectivity index (χ2v) is 2.34. The Labute approximate surface area is 73.0 Å². The number of nitrogens with zero attached hydrogens (tertiary/aromatic N) is 1. The topological polar surface area (TPSA) is 87.1 Å². The van der Waals surface area contributed by atoms with E-state index < -0.39 is 11.8 Å². The highest BCUT2D eigenvalue weighted by Gasteiger charge is 2.11. The summed E-state index contributed by atoms with van der Waals surface area (Å²) in [6.45, 7) is 0. The van der Waals surface area contributed by atoms with Gasteiger partial charge in [0, 0.05) is 0 Å². The Bertz CT molecular complexity index is 409. The molecule has 3 N–H and O–H groups in total. The summed E-state index contributed by atoms with van der Waals surface area (Å²) in [7, 11) is 0. The number of nitriles is 1. The van der Waals surface area contributed by atoms with E-state index >= 15 is 0 Å². The predicted molar refractivity (Wildman–Crippen MR) is 42.5 cm³/mol. The predicted octanol–water partition coefficient (Wildman–Crippen LogP) is 0.978. The SMILES string of the molecule is N#Cc1cc(C(=O)O)cc(N)c1F.